The molecule has 0 radical (unpaired) electrons. The van der Waals surface area contributed by atoms with Gasteiger partial charge in [-0.3, -0.25) is 14.9 Å². The fourth-order valence-electron chi connectivity index (χ4n) is 3.10. The van der Waals surface area contributed by atoms with Crippen molar-refractivity contribution in [2.45, 2.75) is 20.3 Å². The summed E-state index contributed by atoms with van der Waals surface area (Å²) < 4.78 is 5.84. The summed E-state index contributed by atoms with van der Waals surface area (Å²) in [6, 6.07) is 16.0. The summed E-state index contributed by atoms with van der Waals surface area (Å²) in [6.45, 7) is 3.95. The lowest BCUT2D eigenvalue weighted by Gasteiger charge is -2.02. The van der Waals surface area contributed by atoms with Gasteiger partial charge in [0.1, 0.15) is 11.5 Å². The fraction of sp³-hybridized carbons (Fsp3) is 0.130. The molecule has 7 nitrogen and oxygen atoms in total. The monoisotopic (exact) mass is 433 g/mol. The van der Waals surface area contributed by atoms with E-state index in [0.717, 1.165) is 17.7 Å². The number of aliphatic imine (C=N–C) groups is 1. The summed E-state index contributed by atoms with van der Waals surface area (Å²) in [7, 11) is 0. The van der Waals surface area contributed by atoms with Gasteiger partial charge in [0.2, 0.25) is 0 Å². The highest BCUT2D eigenvalue weighted by atomic mass is 32.2. The van der Waals surface area contributed by atoms with Gasteiger partial charge in [-0.25, -0.2) is 4.99 Å². The van der Waals surface area contributed by atoms with Crippen molar-refractivity contribution in [2.75, 3.05) is 0 Å². The average Bonchev–Trinajstić information content (AvgIpc) is 3.35. The summed E-state index contributed by atoms with van der Waals surface area (Å²) in [5.74, 6) is 0.729. The molecule has 0 aliphatic carbocycles. The number of hydrogen-bond donors (Lipinski definition) is 1. The first-order valence-corrected chi connectivity index (χ1v) is 10.5. The minimum atomic E-state index is -0.440. The lowest BCUT2D eigenvalue weighted by Crippen LogP contribution is -2.19. The molecule has 1 amide bonds. The SMILES string of the molecule is CCc1ccc(N=C2NC(=O)/C(=C/c3ccc(-c4cc([N+](=O)[O-])ccc4C)o3)S2)cc1. The molecular formula is C23H19N3O4S. The second-order valence-corrected chi connectivity index (χ2v) is 7.99. The van der Waals surface area contributed by atoms with E-state index in [2.05, 4.69) is 17.2 Å². The Bertz CT molecular complexity index is 1230. The van der Waals surface area contributed by atoms with Gasteiger partial charge < -0.3 is 9.73 Å². The minimum absolute atomic E-state index is 0.00421. The largest absolute Gasteiger partial charge is 0.457 e. The maximum Gasteiger partial charge on any atom is 0.270 e. The first-order chi connectivity index (χ1) is 14.9. The lowest BCUT2D eigenvalue weighted by molar-refractivity contribution is -0.384. The molecule has 1 saturated heterocycles. The number of nitrogens with one attached hydrogen (secondary N) is 1. The predicted molar refractivity (Wildman–Crippen MR) is 122 cm³/mol. The van der Waals surface area contributed by atoms with Crippen LogP contribution in [0, 0.1) is 17.0 Å². The Morgan fingerprint density at radius 2 is 1.94 bits per heavy atom. The van der Waals surface area contributed by atoms with E-state index in [4.69, 9.17) is 4.42 Å². The van der Waals surface area contributed by atoms with E-state index in [1.807, 2.05) is 31.2 Å². The first-order valence-electron chi connectivity index (χ1n) is 9.66. The van der Waals surface area contributed by atoms with Crippen LogP contribution in [0.15, 0.2) is 68.9 Å². The fourth-order valence-corrected chi connectivity index (χ4v) is 3.92. The van der Waals surface area contributed by atoms with E-state index in [9.17, 15) is 14.9 Å². The quantitative estimate of drug-likeness (QED) is 0.320. The van der Waals surface area contributed by atoms with Gasteiger partial charge in [0.05, 0.1) is 15.5 Å². The third-order valence-electron chi connectivity index (χ3n) is 4.82. The van der Waals surface area contributed by atoms with E-state index in [0.29, 0.717) is 27.2 Å². The Kier molecular flexibility index (Phi) is 5.73. The molecule has 2 heterocycles. The van der Waals surface area contributed by atoms with Crippen LogP contribution in [0.1, 0.15) is 23.8 Å². The van der Waals surface area contributed by atoms with Crippen molar-refractivity contribution in [2.24, 2.45) is 4.99 Å². The van der Waals surface area contributed by atoms with Crippen LogP contribution in [0.3, 0.4) is 0 Å². The van der Waals surface area contributed by atoms with Gasteiger partial charge in [0, 0.05) is 23.8 Å². The summed E-state index contributed by atoms with van der Waals surface area (Å²) >= 11 is 1.23. The highest BCUT2D eigenvalue weighted by Crippen LogP contribution is 2.32. The average molecular weight is 433 g/mol. The number of amides is 1. The molecule has 3 aromatic rings. The van der Waals surface area contributed by atoms with Gasteiger partial charge >= 0.3 is 0 Å². The number of thioether (sulfide) groups is 1. The van der Waals surface area contributed by atoms with Crippen molar-refractivity contribution in [1.82, 2.24) is 5.32 Å². The number of carbonyl (C=O) groups is 1. The Balaban J connectivity index is 1.55. The Hall–Kier alpha value is -3.65. The molecule has 8 heteroatoms. The van der Waals surface area contributed by atoms with Crippen LogP contribution in [0.2, 0.25) is 0 Å². The Morgan fingerprint density at radius 3 is 2.65 bits per heavy atom. The van der Waals surface area contributed by atoms with Crippen LogP contribution in [-0.2, 0) is 11.2 Å². The molecule has 0 saturated carbocycles. The van der Waals surface area contributed by atoms with Gasteiger partial charge in [-0.15, -0.1) is 0 Å². The van der Waals surface area contributed by atoms with Gasteiger partial charge in [-0.05, 0) is 60.5 Å². The third kappa shape index (κ3) is 4.59. The highest BCUT2D eigenvalue weighted by molar-refractivity contribution is 8.18. The normalized spacial score (nSPS) is 16.1. The van der Waals surface area contributed by atoms with Crippen molar-refractivity contribution >= 4 is 40.3 Å². The third-order valence-corrected chi connectivity index (χ3v) is 5.73. The van der Waals surface area contributed by atoms with Crippen molar-refractivity contribution in [3.05, 3.63) is 86.5 Å². The topological polar surface area (TPSA) is 97.7 Å². The number of aryl methyl sites for hydroxylation is 2. The van der Waals surface area contributed by atoms with Crippen LogP contribution < -0.4 is 5.32 Å². The molecule has 0 atom stereocenters. The van der Waals surface area contributed by atoms with E-state index in [1.54, 1.807) is 24.3 Å². The second kappa shape index (κ2) is 8.61. The Labute approximate surface area is 183 Å². The van der Waals surface area contributed by atoms with Crippen LogP contribution >= 0.6 is 11.8 Å². The molecule has 1 aliphatic rings. The predicted octanol–water partition coefficient (Wildman–Crippen LogP) is 5.62. The second-order valence-electron chi connectivity index (χ2n) is 6.96. The highest BCUT2D eigenvalue weighted by Gasteiger charge is 2.24. The number of hydrogen-bond acceptors (Lipinski definition) is 6. The van der Waals surface area contributed by atoms with Crippen molar-refractivity contribution in [3.63, 3.8) is 0 Å². The number of nitrogens with zero attached hydrogens (tertiary/aromatic N) is 2. The van der Waals surface area contributed by atoms with Gasteiger partial charge in [-0.1, -0.05) is 25.1 Å². The molecule has 1 aliphatic heterocycles. The van der Waals surface area contributed by atoms with Crippen LogP contribution in [-0.4, -0.2) is 16.0 Å². The van der Waals surface area contributed by atoms with Gasteiger partial charge in [0.15, 0.2) is 5.17 Å². The van der Waals surface area contributed by atoms with Crippen LogP contribution in [0.25, 0.3) is 17.4 Å². The molecule has 0 bridgehead atoms. The first kappa shape index (κ1) is 20.6. The molecule has 1 aromatic heterocycles. The molecule has 31 heavy (non-hydrogen) atoms. The zero-order valence-corrected chi connectivity index (χ0v) is 17.7. The smallest absolute Gasteiger partial charge is 0.270 e. The van der Waals surface area contributed by atoms with E-state index in [-0.39, 0.29) is 11.6 Å². The lowest BCUT2D eigenvalue weighted by atomic mass is 10.1. The number of carbonyl (C=O) groups excluding carboxylic acids is 1. The minimum Gasteiger partial charge on any atom is -0.457 e. The summed E-state index contributed by atoms with van der Waals surface area (Å²) in [5.41, 5.74) is 3.48. The molecule has 0 unspecified atom stereocenters. The molecular weight excluding hydrogens is 414 g/mol. The number of amidine groups is 1. The molecule has 4 rings (SSSR count). The molecule has 1 N–H and O–H groups in total. The number of rotatable bonds is 5. The van der Waals surface area contributed by atoms with Crippen LogP contribution in [0.5, 0.6) is 0 Å². The summed E-state index contributed by atoms with van der Waals surface area (Å²) in [4.78, 5) is 27.9. The number of non-ortho nitro benzene ring substituents is 1. The summed E-state index contributed by atoms with van der Waals surface area (Å²) in [5, 5.41) is 14.3. The summed E-state index contributed by atoms with van der Waals surface area (Å²) in [6.07, 6.45) is 2.59. The molecule has 0 spiro atoms. The molecule has 2 aromatic carbocycles. The standard InChI is InChI=1S/C23H19N3O4S/c1-3-15-5-7-16(8-6-15)24-23-25-22(27)21(31-23)13-18-10-11-20(30-18)19-12-17(26(28)29)9-4-14(19)2/h4-13H,3H2,1-2H3,(H,24,25,27)/b21-13-. The number of furan rings is 1. The number of nitro groups is 1. The van der Waals surface area contributed by atoms with E-state index < -0.39 is 4.92 Å². The van der Waals surface area contributed by atoms with Gasteiger partial charge in [-0.2, -0.15) is 0 Å². The number of nitro benzene ring substituents is 1. The van der Waals surface area contributed by atoms with E-state index in [1.165, 1.54) is 29.5 Å². The van der Waals surface area contributed by atoms with E-state index >= 15 is 0 Å². The van der Waals surface area contributed by atoms with Crippen molar-refractivity contribution in [1.29, 1.82) is 0 Å². The maximum absolute atomic E-state index is 12.3. The van der Waals surface area contributed by atoms with Crippen LogP contribution in [0.4, 0.5) is 11.4 Å². The van der Waals surface area contributed by atoms with Crippen molar-refractivity contribution < 1.29 is 14.1 Å². The molecule has 1 fully saturated rings. The van der Waals surface area contributed by atoms with Gasteiger partial charge in [0.25, 0.3) is 11.6 Å². The zero-order chi connectivity index (χ0) is 22.0. The zero-order valence-electron chi connectivity index (χ0n) is 16.9. The molecule has 156 valence electrons. The number of benzene rings is 2. The maximum atomic E-state index is 12.3. The van der Waals surface area contributed by atoms with Crippen molar-refractivity contribution in [3.8, 4) is 11.3 Å². The Morgan fingerprint density at radius 1 is 1.16 bits per heavy atom.